The summed E-state index contributed by atoms with van der Waals surface area (Å²) in [7, 11) is 1.88. The van der Waals surface area contributed by atoms with Gasteiger partial charge < -0.3 is 15.5 Å². The zero-order chi connectivity index (χ0) is 31.5. The van der Waals surface area contributed by atoms with E-state index in [4.69, 9.17) is 11.6 Å². The van der Waals surface area contributed by atoms with Crippen LogP contribution in [0.2, 0.25) is 4.47 Å². The first-order valence-electron chi connectivity index (χ1n) is 13.5. The van der Waals surface area contributed by atoms with Crippen molar-refractivity contribution in [2.24, 2.45) is 0 Å². The number of carbonyl (C=O) groups excluding carboxylic acids is 2. The van der Waals surface area contributed by atoms with E-state index >= 15 is 0 Å². The van der Waals surface area contributed by atoms with Crippen molar-refractivity contribution >= 4 is 68.4 Å². The summed E-state index contributed by atoms with van der Waals surface area (Å²) in [6, 6.07) is 17.2. The highest BCUT2D eigenvalue weighted by atomic mass is 35.5. The lowest BCUT2D eigenvalue weighted by Gasteiger charge is -2.15. The average molecular weight is 636 g/mol. The van der Waals surface area contributed by atoms with Gasteiger partial charge in [0.25, 0.3) is 11.8 Å². The van der Waals surface area contributed by atoms with Gasteiger partial charge in [0.15, 0.2) is 9.60 Å². The molecular weight excluding hydrogens is 602 g/mol. The molecule has 0 radical (unpaired) electrons. The highest BCUT2D eigenvalue weighted by Crippen LogP contribution is 2.28. The Morgan fingerprint density at radius 3 is 1.77 bits per heavy atom. The van der Waals surface area contributed by atoms with Crippen LogP contribution in [0.5, 0.6) is 0 Å². The molecule has 2 N–H and O–H groups in total. The van der Waals surface area contributed by atoms with E-state index in [1.165, 1.54) is 17.5 Å². The second-order valence-electron chi connectivity index (χ2n) is 9.00. The van der Waals surface area contributed by atoms with Crippen molar-refractivity contribution in [3.05, 3.63) is 104 Å². The quantitative estimate of drug-likeness (QED) is 0.193. The predicted octanol–water partition coefficient (Wildman–Crippen LogP) is 8.26. The summed E-state index contributed by atoms with van der Waals surface area (Å²) < 4.78 is 0.370. The molecule has 0 bridgehead atoms. The number of amides is 2. The number of thiazole rings is 2. The van der Waals surface area contributed by atoms with Crippen molar-refractivity contribution in [3.63, 3.8) is 0 Å². The SMILES string of the molecule is CC.Cc1cc(N(C)c2ncc(C(=O)Nc3ccccc3C)s2)nc(C)n1.Cc1ccccc1NC(=O)c1cnc(Cl)s1. The van der Waals surface area contributed by atoms with E-state index in [1.807, 2.05) is 108 Å². The Bertz CT molecular complexity index is 1670. The van der Waals surface area contributed by atoms with Gasteiger partial charge in [-0.25, -0.2) is 19.9 Å². The maximum absolute atomic E-state index is 12.5. The molecule has 9 nitrogen and oxygen atoms in total. The summed E-state index contributed by atoms with van der Waals surface area (Å²) in [4.78, 5) is 44.0. The molecule has 3 heterocycles. The van der Waals surface area contributed by atoms with Crippen LogP contribution in [0, 0.1) is 27.7 Å². The van der Waals surface area contributed by atoms with E-state index in [9.17, 15) is 9.59 Å². The Morgan fingerprint density at radius 1 is 0.767 bits per heavy atom. The number of para-hydroxylation sites is 2. The lowest BCUT2D eigenvalue weighted by Crippen LogP contribution is -2.12. The minimum Gasteiger partial charge on any atom is -0.321 e. The topological polar surface area (TPSA) is 113 Å². The number of benzene rings is 2. The molecule has 5 aromatic rings. The molecule has 0 aliphatic carbocycles. The number of aromatic nitrogens is 4. The van der Waals surface area contributed by atoms with Crippen molar-refractivity contribution < 1.29 is 9.59 Å². The Hall–Kier alpha value is -4.19. The van der Waals surface area contributed by atoms with Crippen molar-refractivity contribution in [1.82, 2.24) is 19.9 Å². The van der Waals surface area contributed by atoms with Crippen LogP contribution in [0.15, 0.2) is 67.0 Å². The number of hydrogen-bond acceptors (Lipinski definition) is 9. The number of nitrogens with zero attached hydrogens (tertiary/aromatic N) is 5. The molecule has 0 aliphatic rings. The number of rotatable bonds is 6. The minimum absolute atomic E-state index is 0.165. The zero-order valence-corrected chi connectivity index (χ0v) is 27.5. The van der Waals surface area contributed by atoms with Crippen LogP contribution in [0.3, 0.4) is 0 Å². The smallest absolute Gasteiger partial charge is 0.267 e. The van der Waals surface area contributed by atoms with Gasteiger partial charge in [0, 0.05) is 30.2 Å². The summed E-state index contributed by atoms with van der Waals surface area (Å²) in [6.45, 7) is 11.7. The highest BCUT2D eigenvalue weighted by Gasteiger charge is 2.16. The van der Waals surface area contributed by atoms with Gasteiger partial charge in [-0.1, -0.05) is 84.5 Å². The second kappa shape index (κ2) is 15.9. The first-order chi connectivity index (χ1) is 20.6. The average Bonchev–Trinajstić information content (AvgIpc) is 3.66. The number of carbonyl (C=O) groups is 2. The van der Waals surface area contributed by atoms with Crippen LogP contribution in [0.4, 0.5) is 22.3 Å². The van der Waals surface area contributed by atoms with E-state index in [1.54, 1.807) is 6.20 Å². The molecule has 2 amide bonds. The summed E-state index contributed by atoms with van der Waals surface area (Å²) in [5, 5.41) is 6.44. The Labute approximate surface area is 265 Å². The minimum atomic E-state index is -0.182. The van der Waals surface area contributed by atoms with Crippen molar-refractivity contribution in [1.29, 1.82) is 0 Å². The molecule has 0 unspecified atom stereocenters. The molecule has 0 spiro atoms. The first kappa shape index (κ1) is 33.3. The van der Waals surface area contributed by atoms with Gasteiger partial charge in [-0.2, -0.15) is 0 Å². The molecule has 224 valence electrons. The van der Waals surface area contributed by atoms with Crippen LogP contribution in [0.25, 0.3) is 0 Å². The van der Waals surface area contributed by atoms with Gasteiger partial charge in [0.05, 0.1) is 12.4 Å². The van der Waals surface area contributed by atoms with Crippen LogP contribution >= 0.6 is 34.3 Å². The van der Waals surface area contributed by atoms with Gasteiger partial charge in [0.1, 0.15) is 21.4 Å². The van der Waals surface area contributed by atoms with Gasteiger partial charge in [0.2, 0.25) is 0 Å². The predicted molar refractivity (Wildman–Crippen MR) is 178 cm³/mol. The number of halogens is 1. The lowest BCUT2D eigenvalue weighted by molar-refractivity contribution is 0.102. The molecule has 3 aromatic heterocycles. The molecule has 0 atom stereocenters. The Kier molecular flexibility index (Phi) is 12.3. The second-order valence-corrected chi connectivity index (χ2v) is 11.6. The molecule has 12 heteroatoms. The maximum atomic E-state index is 12.5. The molecule has 5 rings (SSSR count). The molecule has 43 heavy (non-hydrogen) atoms. The van der Waals surface area contributed by atoms with Crippen LogP contribution in [-0.4, -0.2) is 38.8 Å². The normalized spacial score (nSPS) is 10.0. The first-order valence-corrected chi connectivity index (χ1v) is 15.5. The third-order valence-corrected chi connectivity index (χ3v) is 7.97. The molecule has 2 aromatic carbocycles. The van der Waals surface area contributed by atoms with Crippen molar-refractivity contribution in [2.45, 2.75) is 41.5 Å². The van der Waals surface area contributed by atoms with Gasteiger partial charge in [-0.3, -0.25) is 9.59 Å². The van der Waals surface area contributed by atoms with Gasteiger partial charge in [-0.15, -0.1) is 0 Å². The van der Waals surface area contributed by atoms with E-state index in [0.29, 0.717) is 25.2 Å². The van der Waals surface area contributed by atoms with E-state index in [-0.39, 0.29) is 11.8 Å². The molecular formula is C31H34ClN7O2S2. The Morgan fingerprint density at radius 2 is 1.28 bits per heavy atom. The third kappa shape index (κ3) is 9.40. The number of nitrogens with one attached hydrogen (secondary N) is 2. The van der Waals surface area contributed by atoms with Gasteiger partial charge in [-0.05, 0) is 51.0 Å². The van der Waals surface area contributed by atoms with E-state index in [0.717, 1.165) is 45.4 Å². The zero-order valence-electron chi connectivity index (χ0n) is 25.1. The van der Waals surface area contributed by atoms with Crippen LogP contribution in [-0.2, 0) is 0 Å². The van der Waals surface area contributed by atoms with Crippen LogP contribution in [0.1, 0.15) is 55.8 Å². The lowest BCUT2D eigenvalue weighted by atomic mass is 10.2. The monoisotopic (exact) mass is 635 g/mol. The maximum Gasteiger partial charge on any atom is 0.267 e. The largest absolute Gasteiger partial charge is 0.321 e. The Balaban J connectivity index is 0.000000242. The van der Waals surface area contributed by atoms with Crippen LogP contribution < -0.4 is 15.5 Å². The van der Waals surface area contributed by atoms with Crippen molar-refractivity contribution in [2.75, 3.05) is 22.6 Å². The standard InChI is InChI=1S/C18H19N5OS.C11H9ClN2OS.C2H6/c1-11-7-5-6-8-14(11)22-17(24)15-10-19-18(25-15)23(4)16-9-12(2)20-13(3)21-16;1-7-4-2-3-5-8(7)14-10(15)9-6-13-11(12)16-9;1-2/h5-10H,1-4H3,(H,22,24);2-6H,1H3,(H,14,15);1-2H3. The number of anilines is 4. The van der Waals surface area contributed by atoms with Gasteiger partial charge >= 0.3 is 0 Å². The number of hydrogen-bond donors (Lipinski definition) is 2. The number of aryl methyl sites for hydroxylation is 4. The third-order valence-electron chi connectivity index (χ3n) is 5.79. The van der Waals surface area contributed by atoms with Crippen molar-refractivity contribution in [3.8, 4) is 0 Å². The summed E-state index contributed by atoms with van der Waals surface area (Å²) in [5.41, 5.74) is 4.54. The van der Waals surface area contributed by atoms with E-state index < -0.39 is 0 Å². The fourth-order valence-corrected chi connectivity index (χ4v) is 5.26. The fraction of sp³-hybridized carbons (Fsp3) is 0.226. The molecule has 0 saturated heterocycles. The summed E-state index contributed by atoms with van der Waals surface area (Å²) in [6.07, 6.45) is 3.06. The fourth-order valence-electron chi connectivity index (χ4n) is 3.64. The molecule has 0 fully saturated rings. The molecule has 0 aliphatic heterocycles. The molecule has 0 saturated carbocycles. The summed E-state index contributed by atoms with van der Waals surface area (Å²) >= 11 is 8.15. The van der Waals surface area contributed by atoms with E-state index in [2.05, 4.69) is 30.6 Å². The summed E-state index contributed by atoms with van der Waals surface area (Å²) in [5.74, 6) is 1.11. The highest BCUT2D eigenvalue weighted by molar-refractivity contribution is 7.18.